The summed E-state index contributed by atoms with van der Waals surface area (Å²) in [6.07, 6.45) is 3.10. The number of hydrogen-bond donors (Lipinski definition) is 3. The van der Waals surface area contributed by atoms with Crippen molar-refractivity contribution in [3.8, 4) is 0 Å². The topological polar surface area (TPSA) is 70.6 Å². The van der Waals surface area contributed by atoms with E-state index in [0.717, 1.165) is 24.5 Å². The molecule has 21 heavy (non-hydrogen) atoms. The van der Waals surface area contributed by atoms with Crippen LogP contribution < -0.4 is 10.8 Å². The fourth-order valence-electron chi connectivity index (χ4n) is 2.35. The van der Waals surface area contributed by atoms with Crippen molar-refractivity contribution in [1.82, 2.24) is 10.8 Å². The summed E-state index contributed by atoms with van der Waals surface area (Å²) in [4.78, 5) is 11.2. The van der Waals surface area contributed by atoms with Gasteiger partial charge in [0.05, 0.1) is 11.2 Å². The molecule has 5 nitrogen and oxygen atoms in total. The molecule has 0 saturated heterocycles. The maximum absolute atomic E-state index is 14.0. The Labute approximate surface area is 121 Å². The molecule has 3 N–H and O–H groups in total. The van der Waals surface area contributed by atoms with Crippen LogP contribution in [0.1, 0.15) is 18.4 Å². The highest BCUT2D eigenvalue weighted by atomic mass is 19.1. The molecule has 3 rings (SSSR count). The molecule has 1 heterocycles. The van der Waals surface area contributed by atoms with Crippen LogP contribution in [0.4, 0.5) is 4.39 Å². The number of hydroxylamine groups is 1. The van der Waals surface area contributed by atoms with E-state index in [0.29, 0.717) is 0 Å². The van der Waals surface area contributed by atoms with E-state index in [9.17, 15) is 9.18 Å². The number of rotatable bonds is 4. The standard InChI is InChI=1S/C15H15FN2O3/c16-12-8-10(13(19)18-20)9-17-14(12)21-15(6-7-15)11-4-2-1-3-5-11/h1-5,8-9,14,17,20H,6-7H2,(H,18,19). The normalized spacial score (nSPS) is 22.7. The Morgan fingerprint density at radius 2 is 2.10 bits per heavy atom. The Kier molecular flexibility index (Phi) is 3.48. The molecule has 110 valence electrons. The lowest BCUT2D eigenvalue weighted by Gasteiger charge is -2.26. The van der Waals surface area contributed by atoms with Gasteiger partial charge < -0.3 is 10.1 Å². The molecule has 0 radical (unpaired) electrons. The molecule has 1 fully saturated rings. The minimum Gasteiger partial charge on any atom is -0.360 e. The molecule has 2 aliphatic rings. The third-order valence-corrected chi connectivity index (χ3v) is 3.65. The number of nitrogens with one attached hydrogen (secondary N) is 2. The summed E-state index contributed by atoms with van der Waals surface area (Å²) in [5.74, 6) is -1.38. The zero-order chi connectivity index (χ0) is 14.9. The summed E-state index contributed by atoms with van der Waals surface area (Å²) < 4.78 is 19.9. The van der Waals surface area contributed by atoms with Gasteiger partial charge in [-0.05, 0) is 24.5 Å². The lowest BCUT2D eigenvalue weighted by atomic mass is 10.1. The predicted octanol–water partition coefficient (Wildman–Crippen LogP) is 1.86. The number of benzene rings is 1. The molecule has 0 aromatic heterocycles. The molecule has 1 aliphatic carbocycles. The molecule has 1 atom stereocenters. The first-order valence-corrected chi connectivity index (χ1v) is 6.66. The maximum atomic E-state index is 14.0. The van der Waals surface area contributed by atoms with Crippen LogP contribution in [-0.4, -0.2) is 17.3 Å². The third kappa shape index (κ3) is 2.68. The SMILES string of the molecule is O=C(NO)C1=CNC(OC2(c3ccccc3)CC2)C(F)=C1. The largest absolute Gasteiger partial charge is 0.360 e. The van der Waals surface area contributed by atoms with Crippen molar-refractivity contribution < 1.29 is 19.1 Å². The Hall–Kier alpha value is -2.18. The van der Waals surface area contributed by atoms with E-state index >= 15 is 0 Å². The Morgan fingerprint density at radius 3 is 2.67 bits per heavy atom. The van der Waals surface area contributed by atoms with Crippen molar-refractivity contribution in [3.63, 3.8) is 0 Å². The van der Waals surface area contributed by atoms with Gasteiger partial charge in [0.25, 0.3) is 5.91 Å². The number of carbonyl (C=O) groups is 1. The number of amides is 1. The van der Waals surface area contributed by atoms with Gasteiger partial charge in [0, 0.05) is 6.20 Å². The third-order valence-electron chi connectivity index (χ3n) is 3.65. The maximum Gasteiger partial charge on any atom is 0.276 e. The molecule has 6 heteroatoms. The van der Waals surface area contributed by atoms with Crippen molar-refractivity contribution >= 4 is 5.91 Å². The minimum absolute atomic E-state index is 0.000548. The summed E-state index contributed by atoms with van der Waals surface area (Å²) in [6, 6.07) is 9.67. The van der Waals surface area contributed by atoms with E-state index in [-0.39, 0.29) is 5.57 Å². The molecule has 0 bridgehead atoms. The van der Waals surface area contributed by atoms with Crippen LogP contribution in [0.3, 0.4) is 0 Å². The monoisotopic (exact) mass is 290 g/mol. The van der Waals surface area contributed by atoms with Crippen LogP contribution in [0.15, 0.2) is 54.0 Å². The fraction of sp³-hybridized carbons (Fsp3) is 0.267. The first kappa shape index (κ1) is 13.8. The van der Waals surface area contributed by atoms with Crippen LogP contribution in [0.5, 0.6) is 0 Å². The minimum atomic E-state index is -0.928. The average Bonchev–Trinajstić information content (AvgIpc) is 3.30. The second kappa shape index (κ2) is 5.31. The zero-order valence-corrected chi connectivity index (χ0v) is 11.2. The molecule has 1 aromatic carbocycles. The number of halogens is 1. The van der Waals surface area contributed by atoms with Crippen molar-refractivity contribution in [3.05, 3.63) is 59.6 Å². The summed E-state index contributed by atoms with van der Waals surface area (Å²) >= 11 is 0. The smallest absolute Gasteiger partial charge is 0.276 e. The fourth-order valence-corrected chi connectivity index (χ4v) is 2.35. The Morgan fingerprint density at radius 1 is 1.38 bits per heavy atom. The van der Waals surface area contributed by atoms with Gasteiger partial charge in [-0.2, -0.15) is 0 Å². The highest BCUT2D eigenvalue weighted by Crippen LogP contribution is 2.50. The number of dihydropyridines is 1. The summed E-state index contributed by atoms with van der Waals surface area (Å²) in [5.41, 5.74) is 2.01. The van der Waals surface area contributed by atoms with Crippen molar-refractivity contribution in [2.24, 2.45) is 0 Å². The predicted molar refractivity (Wildman–Crippen MR) is 72.6 cm³/mol. The van der Waals surface area contributed by atoms with E-state index in [1.54, 1.807) is 0 Å². The first-order valence-electron chi connectivity index (χ1n) is 6.66. The molecular formula is C15H15FN2O3. The van der Waals surface area contributed by atoms with E-state index in [1.807, 2.05) is 30.3 Å². The second-order valence-electron chi connectivity index (χ2n) is 5.09. The van der Waals surface area contributed by atoms with Gasteiger partial charge in [0.15, 0.2) is 6.23 Å². The number of ether oxygens (including phenoxy) is 1. The number of hydrogen-bond acceptors (Lipinski definition) is 4. The molecular weight excluding hydrogens is 275 g/mol. The van der Waals surface area contributed by atoms with Crippen molar-refractivity contribution in [2.45, 2.75) is 24.7 Å². The van der Waals surface area contributed by atoms with Crippen LogP contribution in [-0.2, 0) is 15.1 Å². The van der Waals surface area contributed by atoms with Crippen LogP contribution in [0, 0.1) is 0 Å². The molecule has 0 spiro atoms. The second-order valence-corrected chi connectivity index (χ2v) is 5.09. The van der Waals surface area contributed by atoms with E-state index in [4.69, 9.17) is 9.94 Å². The van der Waals surface area contributed by atoms with Gasteiger partial charge in [-0.1, -0.05) is 30.3 Å². The van der Waals surface area contributed by atoms with Gasteiger partial charge in [-0.3, -0.25) is 10.0 Å². The summed E-state index contributed by atoms with van der Waals surface area (Å²) in [7, 11) is 0. The van der Waals surface area contributed by atoms with Crippen molar-refractivity contribution in [1.29, 1.82) is 0 Å². The molecule has 1 aromatic rings. The van der Waals surface area contributed by atoms with Crippen LogP contribution >= 0.6 is 0 Å². The van der Waals surface area contributed by atoms with Gasteiger partial charge in [0.1, 0.15) is 5.83 Å². The van der Waals surface area contributed by atoms with Gasteiger partial charge in [0.2, 0.25) is 0 Å². The Balaban J connectivity index is 1.72. The highest BCUT2D eigenvalue weighted by molar-refractivity contribution is 5.95. The highest BCUT2D eigenvalue weighted by Gasteiger charge is 2.48. The molecule has 1 amide bonds. The lowest BCUT2D eigenvalue weighted by Crippen LogP contribution is -2.36. The van der Waals surface area contributed by atoms with Crippen molar-refractivity contribution in [2.75, 3.05) is 0 Å². The quantitative estimate of drug-likeness (QED) is 0.585. The zero-order valence-electron chi connectivity index (χ0n) is 11.2. The lowest BCUT2D eigenvalue weighted by molar-refractivity contribution is -0.125. The molecule has 1 unspecified atom stereocenters. The number of carbonyl (C=O) groups excluding carboxylic acids is 1. The van der Waals surface area contributed by atoms with E-state index < -0.39 is 23.6 Å². The van der Waals surface area contributed by atoms with Gasteiger partial charge in [-0.25, -0.2) is 9.87 Å². The first-order chi connectivity index (χ1) is 10.1. The summed E-state index contributed by atoms with van der Waals surface area (Å²) in [5, 5.41) is 11.2. The summed E-state index contributed by atoms with van der Waals surface area (Å²) in [6.45, 7) is 0. The van der Waals surface area contributed by atoms with Crippen LogP contribution in [0.2, 0.25) is 0 Å². The van der Waals surface area contributed by atoms with Gasteiger partial charge >= 0.3 is 0 Å². The Bertz CT molecular complexity index is 609. The molecule has 1 aliphatic heterocycles. The van der Waals surface area contributed by atoms with E-state index in [1.165, 1.54) is 11.7 Å². The van der Waals surface area contributed by atoms with Crippen LogP contribution in [0.25, 0.3) is 0 Å². The van der Waals surface area contributed by atoms with Gasteiger partial charge in [-0.15, -0.1) is 0 Å². The van der Waals surface area contributed by atoms with E-state index in [2.05, 4.69) is 5.32 Å². The molecule has 1 saturated carbocycles. The average molecular weight is 290 g/mol.